The van der Waals surface area contributed by atoms with Crippen molar-refractivity contribution in [3.63, 3.8) is 0 Å². The Morgan fingerprint density at radius 3 is 2.54 bits per heavy atom. The van der Waals surface area contributed by atoms with E-state index in [0.717, 1.165) is 5.33 Å². The topological polar surface area (TPSA) is 0 Å². The lowest BCUT2D eigenvalue weighted by Gasteiger charge is -1.99. The fourth-order valence-electron chi connectivity index (χ4n) is 1.26. The van der Waals surface area contributed by atoms with Crippen molar-refractivity contribution >= 4 is 43.2 Å². The average Bonchev–Trinajstić information content (AvgIpc) is 2.52. The molecule has 1 heterocycles. The van der Waals surface area contributed by atoms with Crippen LogP contribution in [0, 0.1) is 0 Å². The van der Waals surface area contributed by atoms with Crippen molar-refractivity contribution in [1.82, 2.24) is 0 Å². The van der Waals surface area contributed by atoms with Gasteiger partial charge >= 0.3 is 0 Å². The molecule has 1 rings (SSSR count). The van der Waals surface area contributed by atoms with E-state index >= 15 is 0 Å². The van der Waals surface area contributed by atoms with Gasteiger partial charge in [0.05, 0.1) is 3.79 Å². The van der Waals surface area contributed by atoms with Gasteiger partial charge in [-0.1, -0.05) is 28.8 Å². The number of unbranched alkanes of at least 4 members (excludes halogenated alkanes) is 3. The summed E-state index contributed by atoms with van der Waals surface area (Å²) in [6.45, 7) is 0. The summed E-state index contributed by atoms with van der Waals surface area (Å²) in [5.74, 6) is 0. The number of alkyl halides is 1. The number of aryl methyl sites for hydroxylation is 1. The van der Waals surface area contributed by atoms with E-state index in [2.05, 4.69) is 43.3 Å². The van der Waals surface area contributed by atoms with E-state index in [1.54, 1.807) is 11.3 Å². The highest BCUT2D eigenvalue weighted by atomic mass is 79.9. The molecule has 0 amide bonds. The van der Waals surface area contributed by atoms with Crippen LogP contribution in [0.5, 0.6) is 0 Å². The van der Waals surface area contributed by atoms with Gasteiger partial charge in [-0.3, -0.25) is 0 Å². The maximum Gasteiger partial charge on any atom is 0.0730 e. The fraction of sp³-hybridized carbons (Fsp3) is 0.600. The van der Waals surface area contributed by atoms with Gasteiger partial charge < -0.3 is 0 Å². The Balaban J connectivity index is 2.10. The second-order valence-corrected chi connectivity index (χ2v) is 6.10. The van der Waals surface area contributed by atoms with Gasteiger partial charge in [-0.25, -0.2) is 0 Å². The summed E-state index contributed by atoms with van der Waals surface area (Å²) in [4.78, 5) is 0. The van der Waals surface area contributed by atoms with Crippen LogP contribution in [0.25, 0.3) is 0 Å². The van der Waals surface area contributed by atoms with E-state index in [1.807, 2.05) is 0 Å². The zero-order valence-corrected chi connectivity index (χ0v) is 11.6. The van der Waals surface area contributed by atoms with Crippen molar-refractivity contribution in [1.29, 1.82) is 0 Å². The Bertz CT molecular complexity index is 233. The van der Waals surface area contributed by atoms with Crippen LogP contribution in [0.2, 0.25) is 0 Å². The molecule has 0 saturated heterocycles. The molecule has 0 radical (unpaired) electrons. The van der Waals surface area contributed by atoms with Gasteiger partial charge in [-0.2, -0.15) is 0 Å². The van der Waals surface area contributed by atoms with Gasteiger partial charge in [0.15, 0.2) is 0 Å². The third-order valence-electron chi connectivity index (χ3n) is 2.02. The van der Waals surface area contributed by atoms with Gasteiger partial charge in [-0.05, 0) is 52.2 Å². The third kappa shape index (κ3) is 4.61. The Hall–Kier alpha value is 0.660. The molecule has 0 aliphatic carbocycles. The van der Waals surface area contributed by atoms with Crippen LogP contribution in [-0.4, -0.2) is 5.33 Å². The molecule has 0 fully saturated rings. The normalized spacial score (nSPS) is 10.6. The highest BCUT2D eigenvalue weighted by molar-refractivity contribution is 9.11. The molecular formula is C10H14Br2S. The van der Waals surface area contributed by atoms with E-state index in [4.69, 9.17) is 0 Å². The zero-order chi connectivity index (χ0) is 9.52. The first-order valence-corrected chi connectivity index (χ1v) is 7.42. The molecule has 74 valence electrons. The van der Waals surface area contributed by atoms with E-state index in [0.29, 0.717) is 0 Å². The highest BCUT2D eigenvalue weighted by Gasteiger charge is 1.99. The Labute approximate surface area is 101 Å². The summed E-state index contributed by atoms with van der Waals surface area (Å²) in [6, 6.07) is 2.22. The number of halogens is 2. The highest BCUT2D eigenvalue weighted by Crippen LogP contribution is 2.24. The molecule has 0 unspecified atom stereocenters. The van der Waals surface area contributed by atoms with Crippen molar-refractivity contribution in [2.45, 2.75) is 32.1 Å². The van der Waals surface area contributed by atoms with Crippen molar-refractivity contribution in [3.05, 3.63) is 20.8 Å². The first-order chi connectivity index (χ1) is 6.34. The molecule has 0 N–H and O–H groups in total. The maximum absolute atomic E-state index is 3.56. The van der Waals surface area contributed by atoms with Gasteiger partial charge in [-0.15, -0.1) is 11.3 Å². The minimum Gasteiger partial charge on any atom is -0.137 e. The van der Waals surface area contributed by atoms with Crippen LogP contribution in [-0.2, 0) is 6.42 Å². The lowest BCUT2D eigenvalue weighted by atomic mass is 10.1. The molecule has 0 aliphatic heterocycles. The monoisotopic (exact) mass is 324 g/mol. The molecule has 1 aromatic heterocycles. The molecule has 0 spiro atoms. The molecule has 0 atom stereocenters. The Morgan fingerprint density at radius 1 is 1.15 bits per heavy atom. The standard InChI is InChI=1S/C10H14Br2S/c11-7-4-2-1-3-5-9-6-8-13-10(9)12/h6,8H,1-5,7H2. The van der Waals surface area contributed by atoms with Gasteiger partial charge in [0.1, 0.15) is 0 Å². The second kappa shape index (κ2) is 7.02. The van der Waals surface area contributed by atoms with Crippen LogP contribution in [0.4, 0.5) is 0 Å². The fourth-order valence-corrected chi connectivity index (χ4v) is 2.99. The van der Waals surface area contributed by atoms with Crippen molar-refractivity contribution in [3.8, 4) is 0 Å². The van der Waals surface area contributed by atoms with E-state index < -0.39 is 0 Å². The van der Waals surface area contributed by atoms with Gasteiger partial charge in [0, 0.05) is 5.33 Å². The largest absolute Gasteiger partial charge is 0.137 e. The summed E-state index contributed by atoms with van der Waals surface area (Å²) < 4.78 is 1.31. The van der Waals surface area contributed by atoms with Gasteiger partial charge in [0.25, 0.3) is 0 Å². The smallest absolute Gasteiger partial charge is 0.0730 e. The van der Waals surface area contributed by atoms with Crippen molar-refractivity contribution in [2.24, 2.45) is 0 Å². The SMILES string of the molecule is BrCCCCCCc1ccsc1Br. The molecule has 1 aromatic rings. The predicted octanol–water partition coefficient (Wildman–Crippen LogP) is 5.01. The second-order valence-electron chi connectivity index (χ2n) is 3.07. The predicted molar refractivity (Wildman–Crippen MR) is 68.0 cm³/mol. The first kappa shape index (κ1) is 11.7. The Morgan fingerprint density at radius 2 is 1.92 bits per heavy atom. The number of thiophene rings is 1. The van der Waals surface area contributed by atoms with Crippen LogP contribution in [0.3, 0.4) is 0 Å². The molecular weight excluding hydrogens is 312 g/mol. The van der Waals surface area contributed by atoms with Crippen LogP contribution in [0.15, 0.2) is 15.2 Å². The van der Waals surface area contributed by atoms with E-state index in [-0.39, 0.29) is 0 Å². The summed E-state index contributed by atoms with van der Waals surface area (Å²) in [5.41, 5.74) is 1.48. The van der Waals surface area contributed by atoms with Crippen LogP contribution >= 0.6 is 43.2 Å². The minimum absolute atomic E-state index is 1.15. The minimum atomic E-state index is 1.15. The van der Waals surface area contributed by atoms with Gasteiger partial charge in [0.2, 0.25) is 0 Å². The Kier molecular flexibility index (Phi) is 6.33. The average molecular weight is 326 g/mol. The zero-order valence-electron chi connectivity index (χ0n) is 7.56. The number of rotatable bonds is 6. The molecule has 0 aromatic carbocycles. The third-order valence-corrected chi connectivity index (χ3v) is 4.39. The molecule has 3 heteroatoms. The lowest BCUT2D eigenvalue weighted by Crippen LogP contribution is -1.84. The van der Waals surface area contributed by atoms with Crippen LogP contribution in [0.1, 0.15) is 31.2 Å². The maximum atomic E-state index is 3.56. The molecule has 0 saturated carbocycles. The summed E-state index contributed by atoms with van der Waals surface area (Å²) in [6.07, 6.45) is 6.57. The van der Waals surface area contributed by atoms with E-state index in [1.165, 1.54) is 41.5 Å². The summed E-state index contributed by atoms with van der Waals surface area (Å²) in [7, 11) is 0. The first-order valence-electron chi connectivity index (χ1n) is 4.62. The number of hydrogen-bond acceptors (Lipinski definition) is 1. The molecule has 0 nitrogen and oxygen atoms in total. The van der Waals surface area contributed by atoms with Crippen LogP contribution < -0.4 is 0 Å². The quantitative estimate of drug-likeness (QED) is 0.509. The van der Waals surface area contributed by atoms with E-state index in [9.17, 15) is 0 Å². The summed E-state index contributed by atoms with van der Waals surface area (Å²) in [5, 5.41) is 3.30. The molecule has 0 bridgehead atoms. The van der Waals surface area contributed by atoms with Crippen molar-refractivity contribution in [2.75, 3.05) is 5.33 Å². The number of hydrogen-bond donors (Lipinski definition) is 0. The van der Waals surface area contributed by atoms with Crippen molar-refractivity contribution < 1.29 is 0 Å². The molecule has 0 aliphatic rings. The summed E-state index contributed by atoms with van der Waals surface area (Å²) >= 11 is 8.79. The lowest BCUT2D eigenvalue weighted by molar-refractivity contribution is 0.671. The molecule has 13 heavy (non-hydrogen) atoms.